The van der Waals surface area contributed by atoms with Crippen molar-refractivity contribution in [1.82, 2.24) is 0 Å². The van der Waals surface area contributed by atoms with E-state index in [1.807, 2.05) is 0 Å². The molecule has 25 heavy (non-hydrogen) atoms. The Kier molecular flexibility index (Phi) is 5.84. The van der Waals surface area contributed by atoms with Crippen LogP contribution in [0.2, 0.25) is 0 Å². The van der Waals surface area contributed by atoms with Crippen LogP contribution in [-0.4, -0.2) is 75.9 Å². The predicted octanol–water partition coefficient (Wildman–Crippen LogP) is -1.24. The molecule has 138 valence electrons. The van der Waals surface area contributed by atoms with Crippen molar-refractivity contribution in [2.75, 3.05) is 13.7 Å². The van der Waals surface area contributed by atoms with E-state index < -0.39 is 43.3 Å². The van der Waals surface area contributed by atoms with Gasteiger partial charge < -0.3 is 39.7 Å². The zero-order valence-electron chi connectivity index (χ0n) is 14.3. The third kappa shape index (κ3) is 4.47. The Morgan fingerprint density at radius 1 is 1.32 bits per heavy atom. The number of rotatable bonds is 5. The first-order chi connectivity index (χ1) is 12.3. The molecule has 0 spiro atoms. The molecule has 0 saturated carbocycles. The summed E-state index contributed by atoms with van der Waals surface area (Å²) in [6, 6.07) is 3.75. The maximum absolute atomic E-state index is 11.9. The molecule has 1 aliphatic rings. The van der Waals surface area contributed by atoms with Crippen molar-refractivity contribution in [2.45, 2.75) is 30.7 Å². The fraction of sp³-hybridized carbons (Fsp3) is 0.438. The number of carbonyl (C=O) groups is 1. The van der Waals surface area contributed by atoms with Gasteiger partial charge in [0.1, 0.15) is 24.4 Å². The standard InChI is InChI=1S/C16H20O9/c1-23-10-6-8(2-4-9(10)18)3-5-12(19)25-16-15(22)14(21)13(20)11(7-17)24-16/h2-6,11,13-18,20-22H,7H2,1H3/b5-3+/t11-,13-,14+,15-,16?/m1/s1/i3D. The second-order valence-corrected chi connectivity index (χ2v) is 5.31. The first-order valence-electron chi connectivity index (χ1n) is 7.85. The summed E-state index contributed by atoms with van der Waals surface area (Å²) in [7, 11) is 1.33. The van der Waals surface area contributed by atoms with Gasteiger partial charge in [-0.15, -0.1) is 0 Å². The highest BCUT2D eigenvalue weighted by Crippen LogP contribution is 2.27. The van der Waals surface area contributed by atoms with Gasteiger partial charge in [-0.25, -0.2) is 4.79 Å². The number of aromatic hydroxyl groups is 1. The molecule has 0 aromatic heterocycles. The summed E-state index contributed by atoms with van der Waals surface area (Å²) >= 11 is 0. The minimum atomic E-state index is -1.73. The Labute approximate surface area is 144 Å². The van der Waals surface area contributed by atoms with Crippen molar-refractivity contribution in [3.63, 3.8) is 0 Å². The number of hydrogen-bond donors (Lipinski definition) is 5. The number of aliphatic hydroxyl groups excluding tert-OH is 4. The number of esters is 1. The summed E-state index contributed by atoms with van der Waals surface area (Å²) in [5.41, 5.74) is 0.255. The SMILES string of the molecule is [2H]/C(=C\C(=O)OC1O[C@H](CO)[C@@H](O)[C@H](O)[C@H]1O)c1ccc(O)c(OC)c1. The van der Waals surface area contributed by atoms with Gasteiger partial charge in [0.25, 0.3) is 0 Å². The first-order valence-corrected chi connectivity index (χ1v) is 7.35. The number of benzene rings is 1. The van der Waals surface area contributed by atoms with Crippen LogP contribution in [0.25, 0.3) is 6.05 Å². The molecule has 5 N–H and O–H groups in total. The van der Waals surface area contributed by atoms with Crippen molar-refractivity contribution >= 4 is 12.0 Å². The fourth-order valence-electron chi connectivity index (χ4n) is 2.22. The smallest absolute Gasteiger partial charge is 0.333 e. The maximum atomic E-state index is 11.9. The van der Waals surface area contributed by atoms with Gasteiger partial charge in [-0.2, -0.15) is 0 Å². The monoisotopic (exact) mass is 357 g/mol. The molecule has 5 atom stereocenters. The summed E-state index contributed by atoms with van der Waals surface area (Å²) in [5, 5.41) is 47.8. The maximum Gasteiger partial charge on any atom is 0.333 e. The van der Waals surface area contributed by atoms with Crippen molar-refractivity contribution in [2.24, 2.45) is 0 Å². The molecule has 9 nitrogen and oxygen atoms in total. The van der Waals surface area contributed by atoms with Gasteiger partial charge >= 0.3 is 5.97 Å². The molecule has 0 aliphatic carbocycles. The van der Waals surface area contributed by atoms with E-state index in [-0.39, 0.29) is 23.1 Å². The zero-order valence-corrected chi connectivity index (χ0v) is 13.3. The van der Waals surface area contributed by atoms with E-state index in [0.29, 0.717) is 0 Å². The number of carbonyl (C=O) groups excluding carboxylic acids is 1. The Morgan fingerprint density at radius 2 is 2.04 bits per heavy atom. The van der Waals surface area contributed by atoms with Crippen molar-refractivity contribution in [1.29, 1.82) is 0 Å². The van der Waals surface area contributed by atoms with Gasteiger partial charge in [0.2, 0.25) is 6.29 Å². The lowest BCUT2D eigenvalue weighted by Gasteiger charge is -2.38. The second-order valence-electron chi connectivity index (χ2n) is 5.31. The second kappa shape index (κ2) is 8.28. The molecule has 1 saturated heterocycles. The minimum Gasteiger partial charge on any atom is -0.504 e. The topological polar surface area (TPSA) is 146 Å². The summed E-state index contributed by atoms with van der Waals surface area (Å²) in [4.78, 5) is 11.9. The van der Waals surface area contributed by atoms with E-state index in [1.165, 1.54) is 25.3 Å². The van der Waals surface area contributed by atoms with E-state index in [2.05, 4.69) is 0 Å². The third-order valence-electron chi connectivity index (χ3n) is 3.62. The Hall–Kier alpha value is -2.17. The average molecular weight is 357 g/mol. The fourth-order valence-corrected chi connectivity index (χ4v) is 2.22. The largest absolute Gasteiger partial charge is 0.504 e. The zero-order chi connectivity index (χ0) is 19.4. The highest BCUT2D eigenvalue weighted by Gasteiger charge is 2.45. The molecule has 1 aromatic carbocycles. The van der Waals surface area contributed by atoms with E-state index in [0.717, 1.165) is 6.08 Å². The third-order valence-corrected chi connectivity index (χ3v) is 3.62. The molecule has 1 heterocycles. The summed E-state index contributed by atoms with van der Waals surface area (Å²) in [6.45, 7) is -0.661. The number of ether oxygens (including phenoxy) is 3. The lowest BCUT2D eigenvalue weighted by atomic mass is 9.99. The summed E-state index contributed by atoms with van der Waals surface area (Å²) in [5.74, 6) is -1.07. The Balaban J connectivity index is 2.10. The van der Waals surface area contributed by atoms with E-state index >= 15 is 0 Å². The molecule has 1 unspecified atom stereocenters. The normalized spacial score (nSPS) is 30.5. The first kappa shape index (κ1) is 17.6. The molecule has 1 aliphatic heterocycles. The molecule has 0 bridgehead atoms. The number of phenols is 1. The van der Waals surface area contributed by atoms with Gasteiger partial charge in [-0.05, 0) is 23.7 Å². The van der Waals surface area contributed by atoms with E-state index in [9.17, 15) is 25.2 Å². The number of phenolic OH excluding ortho intramolecular Hbond substituents is 1. The molecular weight excluding hydrogens is 336 g/mol. The van der Waals surface area contributed by atoms with Gasteiger partial charge in [-0.1, -0.05) is 6.07 Å². The van der Waals surface area contributed by atoms with Crippen LogP contribution in [0.5, 0.6) is 11.5 Å². The van der Waals surface area contributed by atoms with Gasteiger partial charge in [-0.3, -0.25) is 0 Å². The van der Waals surface area contributed by atoms with Crippen molar-refractivity contribution in [3.05, 3.63) is 29.8 Å². The van der Waals surface area contributed by atoms with Crippen LogP contribution < -0.4 is 4.74 Å². The predicted molar refractivity (Wildman–Crippen MR) is 83.6 cm³/mol. The van der Waals surface area contributed by atoms with Gasteiger partial charge in [0, 0.05) is 6.08 Å². The quantitative estimate of drug-likeness (QED) is 0.322. The number of aliphatic hydroxyl groups is 4. The molecule has 0 radical (unpaired) electrons. The van der Waals surface area contributed by atoms with E-state index in [1.54, 1.807) is 0 Å². The average Bonchev–Trinajstić information content (AvgIpc) is 2.62. The van der Waals surface area contributed by atoms with Crippen LogP contribution >= 0.6 is 0 Å². The van der Waals surface area contributed by atoms with Gasteiger partial charge in [0.15, 0.2) is 11.5 Å². The van der Waals surface area contributed by atoms with Gasteiger partial charge in [0.05, 0.1) is 15.1 Å². The van der Waals surface area contributed by atoms with Crippen molar-refractivity contribution < 1.29 is 45.9 Å². The summed E-state index contributed by atoms with van der Waals surface area (Å²) < 4.78 is 22.7. The Bertz CT molecular complexity index is 676. The lowest BCUT2D eigenvalue weighted by Crippen LogP contribution is -2.59. The molecule has 9 heteroatoms. The highest BCUT2D eigenvalue weighted by molar-refractivity contribution is 5.87. The molecule has 2 rings (SSSR count). The van der Waals surface area contributed by atoms with Crippen LogP contribution in [0.3, 0.4) is 0 Å². The molecule has 0 amide bonds. The van der Waals surface area contributed by atoms with Crippen LogP contribution in [0.1, 0.15) is 6.93 Å². The van der Waals surface area contributed by atoms with E-state index in [4.69, 9.17) is 20.7 Å². The highest BCUT2D eigenvalue weighted by atomic mass is 16.7. The Morgan fingerprint density at radius 3 is 2.68 bits per heavy atom. The van der Waals surface area contributed by atoms with Crippen LogP contribution in [-0.2, 0) is 14.3 Å². The minimum absolute atomic E-state index is 0.114. The number of hydrogen-bond acceptors (Lipinski definition) is 9. The van der Waals surface area contributed by atoms with Crippen molar-refractivity contribution in [3.8, 4) is 11.5 Å². The lowest BCUT2D eigenvalue weighted by molar-refractivity contribution is -0.291. The van der Waals surface area contributed by atoms with Crippen LogP contribution in [0.15, 0.2) is 24.3 Å². The van der Waals surface area contributed by atoms with Crippen LogP contribution in [0.4, 0.5) is 0 Å². The summed E-state index contributed by atoms with van der Waals surface area (Å²) in [6.07, 6.45) is -7.03. The number of methoxy groups -OCH3 is 1. The van der Waals surface area contributed by atoms with Crippen LogP contribution in [0, 0.1) is 0 Å². The molecule has 1 fully saturated rings. The molecule has 1 aromatic rings. The molecular formula is C16H20O9.